The standard InChI is InChI=1S/C9H12N2O/c1-6-5-10-8-3-2-7(12)4-9(8)11-6/h2-4,6,10-12H,5H2,1H3. The molecule has 12 heavy (non-hydrogen) atoms. The Kier molecular flexibility index (Phi) is 1.57. The van der Waals surface area contributed by atoms with Crippen molar-refractivity contribution >= 4 is 11.4 Å². The molecule has 64 valence electrons. The lowest BCUT2D eigenvalue weighted by Gasteiger charge is -2.25. The molecule has 0 radical (unpaired) electrons. The highest BCUT2D eigenvalue weighted by Crippen LogP contribution is 2.29. The van der Waals surface area contributed by atoms with Crippen molar-refractivity contribution < 1.29 is 5.11 Å². The van der Waals surface area contributed by atoms with E-state index in [2.05, 4.69) is 17.6 Å². The van der Waals surface area contributed by atoms with Crippen LogP contribution in [-0.4, -0.2) is 17.7 Å². The number of fused-ring (bicyclic) bond motifs is 1. The molecule has 0 bridgehead atoms. The molecule has 1 heterocycles. The molecular formula is C9H12N2O. The first-order valence-electron chi connectivity index (χ1n) is 4.09. The van der Waals surface area contributed by atoms with Gasteiger partial charge in [0.1, 0.15) is 5.75 Å². The van der Waals surface area contributed by atoms with E-state index < -0.39 is 0 Å². The average Bonchev–Trinajstić information content (AvgIpc) is 2.03. The van der Waals surface area contributed by atoms with Crippen LogP contribution in [0.1, 0.15) is 6.92 Å². The number of phenols is 1. The van der Waals surface area contributed by atoms with Crippen LogP contribution < -0.4 is 10.6 Å². The zero-order valence-electron chi connectivity index (χ0n) is 6.96. The summed E-state index contributed by atoms with van der Waals surface area (Å²) in [7, 11) is 0. The van der Waals surface area contributed by atoms with E-state index in [4.69, 9.17) is 0 Å². The maximum absolute atomic E-state index is 9.21. The van der Waals surface area contributed by atoms with Gasteiger partial charge >= 0.3 is 0 Å². The number of hydrogen-bond acceptors (Lipinski definition) is 3. The van der Waals surface area contributed by atoms with Gasteiger partial charge < -0.3 is 15.7 Å². The van der Waals surface area contributed by atoms with Crippen LogP contribution in [0.15, 0.2) is 18.2 Å². The molecule has 3 heteroatoms. The molecule has 1 atom stereocenters. The van der Waals surface area contributed by atoms with E-state index in [-0.39, 0.29) is 0 Å². The smallest absolute Gasteiger partial charge is 0.117 e. The van der Waals surface area contributed by atoms with E-state index in [9.17, 15) is 5.11 Å². The number of aromatic hydroxyl groups is 1. The molecule has 0 saturated carbocycles. The summed E-state index contributed by atoms with van der Waals surface area (Å²) in [5.41, 5.74) is 2.04. The van der Waals surface area contributed by atoms with Crippen LogP contribution in [-0.2, 0) is 0 Å². The van der Waals surface area contributed by atoms with E-state index >= 15 is 0 Å². The molecule has 1 aliphatic heterocycles. The van der Waals surface area contributed by atoms with Gasteiger partial charge in [0.25, 0.3) is 0 Å². The maximum Gasteiger partial charge on any atom is 0.117 e. The van der Waals surface area contributed by atoms with Crippen molar-refractivity contribution in [2.24, 2.45) is 0 Å². The molecule has 1 aromatic carbocycles. The summed E-state index contributed by atoms with van der Waals surface area (Å²) in [5.74, 6) is 0.303. The fourth-order valence-electron chi connectivity index (χ4n) is 1.39. The number of phenolic OH excluding ortho intramolecular Hbond substituents is 1. The highest BCUT2D eigenvalue weighted by atomic mass is 16.3. The van der Waals surface area contributed by atoms with Crippen LogP contribution in [0.3, 0.4) is 0 Å². The Bertz CT molecular complexity index is 299. The van der Waals surface area contributed by atoms with Gasteiger partial charge in [0, 0.05) is 18.7 Å². The van der Waals surface area contributed by atoms with Gasteiger partial charge in [-0.15, -0.1) is 0 Å². The highest BCUT2D eigenvalue weighted by molar-refractivity contribution is 5.72. The third-order valence-electron chi connectivity index (χ3n) is 2.00. The summed E-state index contributed by atoms with van der Waals surface area (Å²) in [4.78, 5) is 0. The van der Waals surface area contributed by atoms with Gasteiger partial charge in [-0.25, -0.2) is 0 Å². The van der Waals surface area contributed by atoms with Gasteiger partial charge in [-0.1, -0.05) is 0 Å². The summed E-state index contributed by atoms with van der Waals surface area (Å²) in [6, 6.07) is 5.71. The Labute approximate surface area is 71.4 Å². The predicted molar refractivity (Wildman–Crippen MR) is 49.7 cm³/mol. The lowest BCUT2D eigenvalue weighted by molar-refractivity contribution is 0.475. The van der Waals surface area contributed by atoms with Crippen LogP contribution in [0.5, 0.6) is 5.75 Å². The molecule has 3 N–H and O–H groups in total. The predicted octanol–water partition coefficient (Wildman–Crippen LogP) is 1.62. The monoisotopic (exact) mass is 164 g/mol. The first kappa shape index (κ1) is 7.28. The van der Waals surface area contributed by atoms with Crippen LogP contribution in [0.25, 0.3) is 0 Å². The molecule has 0 saturated heterocycles. The molecule has 1 unspecified atom stereocenters. The van der Waals surface area contributed by atoms with Crippen LogP contribution in [0, 0.1) is 0 Å². The molecule has 1 aromatic rings. The molecule has 0 aromatic heterocycles. The Balaban J connectivity index is 2.37. The maximum atomic E-state index is 9.21. The Morgan fingerprint density at radius 3 is 3.08 bits per heavy atom. The lowest BCUT2D eigenvalue weighted by atomic mass is 10.1. The van der Waals surface area contributed by atoms with Crippen molar-refractivity contribution in [2.45, 2.75) is 13.0 Å². The number of benzene rings is 1. The largest absolute Gasteiger partial charge is 0.508 e. The van der Waals surface area contributed by atoms with Crippen molar-refractivity contribution in [1.82, 2.24) is 0 Å². The Morgan fingerprint density at radius 2 is 2.25 bits per heavy atom. The van der Waals surface area contributed by atoms with E-state index in [1.54, 1.807) is 12.1 Å². The Hall–Kier alpha value is -1.38. The minimum Gasteiger partial charge on any atom is -0.508 e. The first-order valence-corrected chi connectivity index (χ1v) is 4.09. The quantitative estimate of drug-likeness (QED) is 0.510. The summed E-state index contributed by atoms with van der Waals surface area (Å²) in [6.07, 6.45) is 0. The topological polar surface area (TPSA) is 44.3 Å². The van der Waals surface area contributed by atoms with Gasteiger partial charge in [0.05, 0.1) is 11.4 Å². The highest BCUT2D eigenvalue weighted by Gasteiger charge is 2.12. The third-order valence-corrected chi connectivity index (χ3v) is 2.00. The van der Waals surface area contributed by atoms with E-state index in [0.717, 1.165) is 17.9 Å². The third kappa shape index (κ3) is 1.18. The lowest BCUT2D eigenvalue weighted by Crippen LogP contribution is -2.29. The number of rotatable bonds is 0. The van der Waals surface area contributed by atoms with Crippen LogP contribution in [0.4, 0.5) is 11.4 Å². The SMILES string of the molecule is CC1CNc2ccc(O)cc2N1. The zero-order chi connectivity index (χ0) is 8.55. The zero-order valence-corrected chi connectivity index (χ0v) is 6.96. The van der Waals surface area contributed by atoms with Gasteiger partial charge in [-0.05, 0) is 19.1 Å². The summed E-state index contributed by atoms with van der Waals surface area (Å²) >= 11 is 0. The van der Waals surface area contributed by atoms with E-state index in [0.29, 0.717) is 11.8 Å². The molecule has 1 aliphatic rings. The van der Waals surface area contributed by atoms with Crippen molar-refractivity contribution in [3.05, 3.63) is 18.2 Å². The minimum atomic E-state index is 0.303. The first-order chi connectivity index (χ1) is 5.75. The average molecular weight is 164 g/mol. The van der Waals surface area contributed by atoms with Crippen LogP contribution >= 0.6 is 0 Å². The van der Waals surface area contributed by atoms with E-state index in [1.807, 2.05) is 6.07 Å². The van der Waals surface area contributed by atoms with E-state index in [1.165, 1.54) is 0 Å². The van der Waals surface area contributed by atoms with Crippen molar-refractivity contribution in [2.75, 3.05) is 17.2 Å². The number of anilines is 2. The van der Waals surface area contributed by atoms with Crippen LogP contribution in [0.2, 0.25) is 0 Å². The number of nitrogens with one attached hydrogen (secondary N) is 2. The van der Waals surface area contributed by atoms with Crippen molar-refractivity contribution in [1.29, 1.82) is 0 Å². The van der Waals surface area contributed by atoms with Gasteiger partial charge in [0.15, 0.2) is 0 Å². The second kappa shape index (κ2) is 2.59. The molecule has 3 nitrogen and oxygen atoms in total. The fourth-order valence-corrected chi connectivity index (χ4v) is 1.39. The van der Waals surface area contributed by atoms with Gasteiger partial charge in [0.2, 0.25) is 0 Å². The molecule has 0 aliphatic carbocycles. The normalized spacial score (nSPS) is 20.6. The van der Waals surface area contributed by atoms with Gasteiger partial charge in [-0.2, -0.15) is 0 Å². The van der Waals surface area contributed by atoms with Crippen molar-refractivity contribution in [3.8, 4) is 5.75 Å². The Morgan fingerprint density at radius 1 is 1.42 bits per heavy atom. The fraction of sp³-hybridized carbons (Fsp3) is 0.333. The molecular weight excluding hydrogens is 152 g/mol. The van der Waals surface area contributed by atoms with Gasteiger partial charge in [-0.3, -0.25) is 0 Å². The molecule has 0 fully saturated rings. The van der Waals surface area contributed by atoms with Crippen molar-refractivity contribution in [3.63, 3.8) is 0 Å². The molecule has 2 rings (SSSR count). The second-order valence-corrected chi connectivity index (χ2v) is 3.16. The summed E-state index contributed by atoms with van der Waals surface area (Å²) < 4.78 is 0. The second-order valence-electron chi connectivity index (χ2n) is 3.16. The minimum absolute atomic E-state index is 0.303. The molecule has 0 spiro atoms. The summed E-state index contributed by atoms with van der Waals surface area (Å²) in [6.45, 7) is 3.03. The number of hydrogen-bond donors (Lipinski definition) is 3. The summed E-state index contributed by atoms with van der Waals surface area (Å²) in [5, 5.41) is 15.8. The molecule has 0 amide bonds.